The predicted molar refractivity (Wildman–Crippen MR) is 138 cm³/mol. The van der Waals surface area contributed by atoms with Crippen molar-refractivity contribution in [3.05, 3.63) is 75.8 Å². The summed E-state index contributed by atoms with van der Waals surface area (Å²) in [5, 5.41) is 12.5. The molecule has 4 aromatic rings. The minimum absolute atomic E-state index is 0.000207. The number of piperidine rings is 1. The summed E-state index contributed by atoms with van der Waals surface area (Å²) in [5.41, 5.74) is 1.88. The van der Waals surface area contributed by atoms with E-state index in [1.807, 2.05) is 12.1 Å². The Balaban J connectivity index is 1.35. The molecule has 1 aliphatic heterocycles. The molecule has 188 valence electrons. The van der Waals surface area contributed by atoms with Crippen LogP contribution in [0.25, 0.3) is 22.5 Å². The molecule has 0 atom stereocenters. The summed E-state index contributed by atoms with van der Waals surface area (Å²) in [4.78, 5) is 32.2. The third kappa shape index (κ3) is 4.91. The summed E-state index contributed by atoms with van der Waals surface area (Å²) in [5.74, 6) is 2.04. The van der Waals surface area contributed by atoms with E-state index in [1.165, 1.54) is 6.07 Å². The first-order valence-electron chi connectivity index (χ1n) is 12.1. The van der Waals surface area contributed by atoms with E-state index < -0.39 is 0 Å². The van der Waals surface area contributed by atoms with E-state index in [-0.39, 0.29) is 29.4 Å². The molecule has 0 bridgehead atoms. The van der Waals surface area contributed by atoms with Crippen LogP contribution >= 0.6 is 0 Å². The first-order chi connectivity index (χ1) is 18.0. The average Bonchev–Trinajstić information content (AvgIpc) is 3.27. The molecule has 1 amide bonds. The number of hydrogen-bond acceptors (Lipinski definition) is 8. The Bertz CT molecular complexity index is 1540. The fourth-order valence-corrected chi connectivity index (χ4v) is 4.71. The third-order valence-corrected chi connectivity index (χ3v) is 6.54. The molecule has 3 aromatic heterocycles. The van der Waals surface area contributed by atoms with E-state index in [2.05, 4.69) is 21.3 Å². The van der Waals surface area contributed by atoms with Crippen molar-refractivity contribution < 1.29 is 18.4 Å². The quantitative estimate of drug-likeness (QED) is 0.424. The maximum Gasteiger partial charge on any atom is 0.228 e. The molecule has 9 heteroatoms. The fraction of sp³-hybridized carbons (Fsp3) is 0.286. The number of carbonyl (C=O) groups is 1. The normalized spacial score (nSPS) is 13.9. The van der Waals surface area contributed by atoms with Crippen molar-refractivity contribution in [1.82, 2.24) is 10.3 Å². The van der Waals surface area contributed by atoms with Crippen LogP contribution in [0.5, 0.6) is 5.75 Å². The topological polar surface area (TPSA) is 122 Å². The number of aromatic nitrogens is 1. The van der Waals surface area contributed by atoms with Gasteiger partial charge in [-0.2, -0.15) is 5.26 Å². The molecule has 0 spiro atoms. The smallest absolute Gasteiger partial charge is 0.228 e. The summed E-state index contributed by atoms with van der Waals surface area (Å²) >= 11 is 0. The zero-order chi connectivity index (χ0) is 25.9. The molecule has 1 fully saturated rings. The number of rotatable bonds is 6. The summed E-state index contributed by atoms with van der Waals surface area (Å²) in [6.45, 7) is 3.05. The predicted octanol–water partition coefficient (Wildman–Crippen LogP) is 3.96. The molecule has 1 aromatic carbocycles. The lowest BCUT2D eigenvalue weighted by atomic mass is 10.0. The number of nitrogens with one attached hydrogen (secondary N) is 1. The minimum Gasteiger partial charge on any atom is -0.497 e. The maximum absolute atomic E-state index is 13.2. The van der Waals surface area contributed by atoms with E-state index in [0.29, 0.717) is 58.5 Å². The molecule has 0 unspecified atom stereocenters. The van der Waals surface area contributed by atoms with E-state index in [0.717, 1.165) is 12.8 Å². The second-order valence-corrected chi connectivity index (χ2v) is 9.01. The highest BCUT2D eigenvalue weighted by molar-refractivity contribution is 5.90. The van der Waals surface area contributed by atoms with Gasteiger partial charge in [0.1, 0.15) is 29.2 Å². The molecular weight excluding hydrogens is 472 g/mol. The highest BCUT2D eigenvalue weighted by Gasteiger charge is 2.26. The summed E-state index contributed by atoms with van der Waals surface area (Å²) in [7, 11) is 1.58. The van der Waals surface area contributed by atoms with Crippen LogP contribution in [0.4, 0.5) is 5.82 Å². The Labute approximate surface area is 213 Å². The first-order valence-corrected chi connectivity index (χ1v) is 12.1. The van der Waals surface area contributed by atoms with Gasteiger partial charge in [0.05, 0.1) is 24.7 Å². The molecule has 0 radical (unpaired) electrons. The number of amides is 1. The van der Waals surface area contributed by atoms with Gasteiger partial charge < -0.3 is 23.8 Å². The molecule has 4 heterocycles. The molecule has 9 nitrogen and oxygen atoms in total. The number of anilines is 1. The van der Waals surface area contributed by atoms with Crippen LogP contribution in [-0.2, 0) is 11.2 Å². The lowest BCUT2D eigenvalue weighted by Crippen LogP contribution is -2.45. The van der Waals surface area contributed by atoms with Crippen molar-refractivity contribution in [2.75, 3.05) is 25.1 Å². The SMILES string of the molecule is COc1ccc(-c2oc3c(=O)cc(C)oc3c2CC(=O)NC2CCN(c3ncccc3C#N)CC2)cc1. The minimum atomic E-state index is -0.293. The third-order valence-electron chi connectivity index (χ3n) is 6.54. The van der Waals surface area contributed by atoms with Crippen molar-refractivity contribution in [2.45, 2.75) is 32.2 Å². The molecule has 5 rings (SSSR count). The number of furan rings is 1. The maximum atomic E-state index is 13.2. The number of nitrogens with zero attached hydrogens (tertiary/aromatic N) is 3. The van der Waals surface area contributed by atoms with Crippen LogP contribution in [0.15, 0.2) is 62.3 Å². The Morgan fingerprint density at radius 3 is 2.65 bits per heavy atom. The van der Waals surface area contributed by atoms with E-state index in [4.69, 9.17) is 13.6 Å². The molecule has 0 saturated carbocycles. The molecule has 37 heavy (non-hydrogen) atoms. The van der Waals surface area contributed by atoms with Gasteiger partial charge in [-0.15, -0.1) is 0 Å². The van der Waals surface area contributed by atoms with Crippen LogP contribution in [0.3, 0.4) is 0 Å². The second-order valence-electron chi connectivity index (χ2n) is 9.01. The Morgan fingerprint density at radius 2 is 1.95 bits per heavy atom. The molecule has 1 aliphatic rings. The zero-order valence-corrected chi connectivity index (χ0v) is 20.6. The van der Waals surface area contributed by atoms with Gasteiger partial charge in [-0.25, -0.2) is 4.98 Å². The van der Waals surface area contributed by atoms with Gasteiger partial charge in [-0.3, -0.25) is 9.59 Å². The van der Waals surface area contributed by atoms with Crippen LogP contribution < -0.4 is 20.4 Å². The Morgan fingerprint density at radius 1 is 1.19 bits per heavy atom. The number of methoxy groups -OCH3 is 1. The van der Waals surface area contributed by atoms with Crippen molar-refractivity contribution in [3.8, 4) is 23.1 Å². The van der Waals surface area contributed by atoms with Crippen molar-refractivity contribution in [3.63, 3.8) is 0 Å². The largest absolute Gasteiger partial charge is 0.497 e. The lowest BCUT2D eigenvalue weighted by molar-refractivity contribution is -0.121. The summed E-state index contributed by atoms with van der Waals surface area (Å²) < 4.78 is 17.1. The Hall–Kier alpha value is -4.58. The number of nitriles is 1. The number of benzene rings is 1. The summed E-state index contributed by atoms with van der Waals surface area (Å²) in [6.07, 6.45) is 3.12. The van der Waals surface area contributed by atoms with Gasteiger partial charge in [-0.05, 0) is 56.2 Å². The summed E-state index contributed by atoms with van der Waals surface area (Å²) in [6, 6.07) is 14.3. The van der Waals surface area contributed by atoms with Crippen LogP contribution in [0.1, 0.15) is 29.7 Å². The molecule has 0 aliphatic carbocycles. The highest BCUT2D eigenvalue weighted by atomic mass is 16.5. The van der Waals surface area contributed by atoms with E-state index in [9.17, 15) is 14.9 Å². The van der Waals surface area contributed by atoms with Gasteiger partial charge in [0, 0.05) is 37.0 Å². The van der Waals surface area contributed by atoms with Crippen LogP contribution in [0.2, 0.25) is 0 Å². The van der Waals surface area contributed by atoms with Crippen LogP contribution in [-0.4, -0.2) is 37.1 Å². The monoisotopic (exact) mass is 498 g/mol. The Kier molecular flexibility index (Phi) is 6.64. The van der Waals surface area contributed by atoms with E-state index in [1.54, 1.807) is 44.5 Å². The zero-order valence-electron chi connectivity index (χ0n) is 20.6. The van der Waals surface area contributed by atoms with Gasteiger partial charge in [-0.1, -0.05) is 0 Å². The number of aryl methyl sites for hydroxylation is 1. The molecule has 1 N–H and O–H groups in total. The van der Waals surface area contributed by atoms with Gasteiger partial charge in [0.15, 0.2) is 5.58 Å². The number of ether oxygens (including phenoxy) is 1. The van der Waals surface area contributed by atoms with Gasteiger partial charge >= 0.3 is 0 Å². The number of fused-ring (bicyclic) bond motifs is 1. The molecular formula is C28H26N4O5. The second kappa shape index (κ2) is 10.2. The number of hydrogen-bond donors (Lipinski definition) is 1. The number of pyridine rings is 1. The van der Waals surface area contributed by atoms with Gasteiger partial charge in [0.25, 0.3) is 0 Å². The lowest BCUT2D eigenvalue weighted by Gasteiger charge is -2.33. The van der Waals surface area contributed by atoms with Crippen molar-refractivity contribution in [1.29, 1.82) is 5.26 Å². The first kappa shape index (κ1) is 24.1. The van der Waals surface area contributed by atoms with Gasteiger partial charge in [0.2, 0.25) is 16.9 Å². The van der Waals surface area contributed by atoms with Crippen LogP contribution in [0, 0.1) is 18.3 Å². The van der Waals surface area contributed by atoms with Crippen molar-refractivity contribution in [2.24, 2.45) is 0 Å². The molecule has 1 saturated heterocycles. The average molecular weight is 499 g/mol. The highest BCUT2D eigenvalue weighted by Crippen LogP contribution is 2.34. The number of carbonyl (C=O) groups excluding carboxylic acids is 1. The fourth-order valence-electron chi connectivity index (χ4n) is 4.71. The standard InChI is InChI=1S/C28H26N4O5/c1-17-14-23(33)27-26(36-17)22(25(37-27)18-5-7-21(35-2)8-6-18)15-24(34)31-20-9-12-32(13-10-20)28-19(16-29)4-3-11-30-28/h3-8,11,14,20H,9-10,12-13,15H2,1-2H3,(H,31,34). The van der Waals surface area contributed by atoms with Crippen molar-refractivity contribution >= 4 is 22.9 Å². The van der Waals surface area contributed by atoms with E-state index >= 15 is 0 Å².